The lowest BCUT2D eigenvalue weighted by atomic mass is 10.0. The Morgan fingerprint density at radius 2 is 1.78 bits per heavy atom. The SMILES string of the molecule is CC(C)c1cc(Br)cc(OCc2ccccc2)c1. The fraction of sp³-hybridized carbons (Fsp3) is 0.250. The maximum Gasteiger partial charge on any atom is 0.121 e. The first-order chi connectivity index (χ1) is 8.65. The summed E-state index contributed by atoms with van der Waals surface area (Å²) in [4.78, 5) is 0. The molecule has 0 radical (unpaired) electrons. The molecule has 0 aliphatic carbocycles. The second-order valence-electron chi connectivity index (χ2n) is 4.65. The van der Waals surface area contributed by atoms with E-state index in [-0.39, 0.29) is 0 Å². The summed E-state index contributed by atoms with van der Waals surface area (Å²) in [5.41, 5.74) is 2.47. The summed E-state index contributed by atoms with van der Waals surface area (Å²) < 4.78 is 6.90. The summed E-state index contributed by atoms with van der Waals surface area (Å²) in [6.07, 6.45) is 0. The summed E-state index contributed by atoms with van der Waals surface area (Å²) in [6.45, 7) is 4.97. The average molecular weight is 305 g/mol. The van der Waals surface area contributed by atoms with Crippen LogP contribution in [0.4, 0.5) is 0 Å². The fourth-order valence-electron chi connectivity index (χ4n) is 1.74. The number of benzene rings is 2. The van der Waals surface area contributed by atoms with Gasteiger partial charge in [0.05, 0.1) is 0 Å². The van der Waals surface area contributed by atoms with Crippen LogP contribution >= 0.6 is 15.9 Å². The van der Waals surface area contributed by atoms with Gasteiger partial charge in [0.1, 0.15) is 12.4 Å². The van der Waals surface area contributed by atoms with Crippen LogP contribution in [0.3, 0.4) is 0 Å². The van der Waals surface area contributed by atoms with Crippen LogP contribution in [0.2, 0.25) is 0 Å². The third kappa shape index (κ3) is 3.61. The van der Waals surface area contributed by atoms with Gasteiger partial charge < -0.3 is 4.74 Å². The predicted octanol–water partition coefficient (Wildman–Crippen LogP) is 5.15. The van der Waals surface area contributed by atoms with Crippen LogP contribution in [0, 0.1) is 0 Å². The molecule has 0 aliphatic rings. The van der Waals surface area contributed by atoms with E-state index in [9.17, 15) is 0 Å². The Morgan fingerprint density at radius 3 is 2.44 bits per heavy atom. The molecule has 2 rings (SSSR count). The number of hydrogen-bond donors (Lipinski definition) is 0. The lowest BCUT2D eigenvalue weighted by Gasteiger charge is -2.11. The molecule has 2 aromatic carbocycles. The van der Waals surface area contributed by atoms with Crippen molar-refractivity contribution in [3.63, 3.8) is 0 Å². The van der Waals surface area contributed by atoms with Crippen molar-refractivity contribution >= 4 is 15.9 Å². The Bertz CT molecular complexity index is 506. The molecule has 0 aromatic heterocycles. The van der Waals surface area contributed by atoms with Crippen molar-refractivity contribution in [1.29, 1.82) is 0 Å². The molecular formula is C16H17BrO. The summed E-state index contributed by atoms with van der Waals surface area (Å²) in [6, 6.07) is 16.5. The van der Waals surface area contributed by atoms with Gasteiger partial charge >= 0.3 is 0 Å². The van der Waals surface area contributed by atoms with Gasteiger partial charge in [-0.25, -0.2) is 0 Å². The second-order valence-corrected chi connectivity index (χ2v) is 5.56. The zero-order valence-electron chi connectivity index (χ0n) is 10.7. The largest absolute Gasteiger partial charge is 0.489 e. The van der Waals surface area contributed by atoms with Gasteiger partial charge in [-0.2, -0.15) is 0 Å². The molecule has 0 fully saturated rings. The standard InChI is InChI=1S/C16H17BrO/c1-12(2)14-8-15(17)10-16(9-14)18-11-13-6-4-3-5-7-13/h3-10,12H,11H2,1-2H3. The van der Waals surface area contributed by atoms with Crippen molar-refractivity contribution < 1.29 is 4.74 Å². The quantitative estimate of drug-likeness (QED) is 0.759. The molecule has 0 unspecified atom stereocenters. The van der Waals surface area contributed by atoms with Gasteiger partial charge in [-0.1, -0.05) is 60.1 Å². The third-order valence-electron chi connectivity index (χ3n) is 2.81. The molecule has 0 heterocycles. The van der Waals surface area contributed by atoms with E-state index in [0.29, 0.717) is 12.5 Å². The Morgan fingerprint density at radius 1 is 1.06 bits per heavy atom. The van der Waals surface area contributed by atoms with E-state index in [1.165, 1.54) is 11.1 Å². The maximum atomic E-state index is 5.83. The molecule has 0 spiro atoms. The summed E-state index contributed by atoms with van der Waals surface area (Å²) >= 11 is 3.53. The summed E-state index contributed by atoms with van der Waals surface area (Å²) in [5.74, 6) is 1.42. The molecule has 0 N–H and O–H groups in total. The van der Waals surface area contributed by atoms with Gasteiger partial charge in [-0.3, -0.25) is 0 Å². The zero-order valence-corrected chi connectivity index (χ0v) is 12.3. The van der Waals surface area contributed by atoms with E-state index in [2.05, 4.69) is 54.0 Å². The van der Waals surface area contributed by atoms with Crippen molar-refractivity contribution in [2.24, 2.45) is 0 Å². The van der Waals surface area contributed by atoms with Gasteiger partial charge in [-0.05, 0) is 35.2 Å². The van der Waals surface area contributed by atoms with E-state index >= 15 is 0 Å². The molecule has 0 saturated heterocycles. The van der Waals surface area contributed by atoms with Crippen LogP contribution in [-0.2, 0) is 6.61 Å². The first kappa shape index (κ1) is 13.2. The molecule has 0 aliphatic heterocycles. The van der Waals surface area contributed by atoms with Crippen LogP contribution in [0.5, 0.6) is 5.75 Å². The van der Waals surface area contributed by atoms with Gasteiger partial charge in [0.25, 0.3) is 0 Å². The van der Waals surface area contributed by atoms with Gasteiger partial charge in [0.15, 0.2) is 0 Å². The monoisotopic (exact) mass is 304 g/mol. The van der Waals surface area contributed by atoms with Crippen molar-refractivity contribution in [2.45, 2.75) is 26.4 Å². The van der Waals surface area contributed by atoms with Crippen LogP contribution < -0.4 is 4.74 Å². The molecule has 0 atom stereocenters. The van der Waals surface area contributed by atoms with E-state index in [1.807, 2.05) is 24.3 Å². The Labute approximate surface area is 117 Å². The minimum atomic E-state index is 0.501. The molecule has 2 aromatic rings. The second kappa shape index (κ2) is 6.05. The Hall–Kier alpha value is -1.28. The highest BCUT2D eigenvalue weighted by molar-refractivity contribution is 9.10. The molecule has 0 bridgehead atoms. The molecule has 1 nitrogen and oxygen atoms in total. The first-order valence-electron chi connectivity index (χ1n) is 6.12. The van der Waals surface area contributed by atoms with Crippen molar-refractivity contribution in [1.82, 2.24) is 0 Å². The van der Waals surface area contributed by atoms with Crippen molar-refractivity contribution in [3.05, 3.63) is 64.1 Å². The van der Waals surface area contributed by atoms with Gasteiger partial charge in [0.2, 0.25) is 0 Å². The highest BCUT2D eigenvalue weighted by atomic mass is 79.9. The van der Waals surface area contributed by atoms with Crippen LogP contribution in [0.15, 0.2) is 53.0 Å². The molecule has 2 heteroatoms. The minimum absolute atomic E-state index is 0.501. The molecule has 94 valence electrons. The first-order valence-corrected chi connectivity index (χ1v) is 6.91. The normalized spacial score (nSPS) is 10.7. The summed E-state index contributed by atoms with van der Waals surface area (Å²) in [7, 11) is 0. The van der Waals surface area contributed by atoms with Crippen LogP contribution in [0.25, 0.3) is 0 Å². The predicted molar refractivity (Wildman–Crippen MR) is 79.0 cm³/mol. The number of halogens is 1. The third-order valence-corrected chi connectivity index (χ3v) is 3.27. The fourth-order valence-corrected chi connectivity index (χ4v) is 2.23. The number of rotatable bonds is 4. The smallest absolute Gasteiger partial charge is 0.121 e. The Balaban J connectivity index is 2.10. The molecular weight excluding hydrogens is 288 g/mol. The Kier molecular flexibility index (Phi) is 4.43. The van der Waals surface area contributed by atoms with E-state index in [1.54, 1.807) is 0 Å². The molecule has 0 saturated carbocycles. The van der Waals surface area contributed by atoms with Crippen LogP contribution in [0.1, 0.15) is 30.9 Å². The number of ether oxygens (including phenoxy) is 1. The van der Waals surface area contributed by atoms with Crippen molar-refractivity contribution in [3.8, 4) is 5.75 Å². The van der Waals surface area contributed by atoms with E-state index in [0.717, 1.165) is 10.2 Å². The average Bonchev–Trinajstić information content (AvgIpc) is 2.37. The van der Waals surface area contributed by atoms with Crippen LogP contribution in [-0.4, -0.2) is 0 Å². The molecule has 0 amide bonds. The van der Waals surface area contributed by atoms with Crippen molar-refractivity contribution in [2.75, 3.05) is 0 Å². The zero-order chi connectivity index (χ0) is 13.0. The van der Waals surface area contributed by atoms with Gasteiger partial charge in [-0.15, -0.1) is 0 Å². The lowest BCUT2D eigenvalue weighted by molar-refractivity contribution is 0.305. The minimum Gasteiger partial charge on any atom is -0.489 e. The highest BCUT2D eigenvalue weighted by Crippen LogP contribution is 2.26. The van der Waals surface area contributed by atoms with E-state index < -0.39 is 0 Å². The topological polar surface area (TPSA) is 9.23 Å². The van der Waals surface area contributed by atoms with Gasteiger partial charge in [0, 0.05) is 4.47 Å². The lowest BCUT2D eigenvalue weighted by Crippen LogP contribution is -1.96. The summed E-state index contributed by atoms with van der Waals surface area (Å²) in [5, 5.41) is 0. The highest BCUT2D eigenvalue weighted by Gasteiger charge is 2.04. The maximum absolute atomic E-state index is 5.83. The van der Waals surface area contributed by atoms with E-state index in [4.69, 9.17) is 4.74 Å². The molecule has 18 heavy (non-hydrogen) atoms. The number of hydrogen-bond acceptors (Lipinski definition) is 1.